The van der Waals surface area contributed by atoms with Crippen LogP contribution in [0.25, 0.3) is 11.1 Å². The molecule has 3 rings (SSSR count). The van der Waals surface area contributed by atoms with Crippen molar-refractivity contribution in [3.8, 4) is 0 Å². The number of hydrogen-bond donors (Lipinski definition) is 0. The molecule has 2 heterocycles. The van der Waals surface area contributed by atoms with Crippen LogP contribution in [-0.2, 0) is 9.59 Å². The maximum atomic E-state index is 11.9. The first-order chi connectivity index (χ1) is 9.08. The average molecular weight is 325 g/mol. The number of imide groups is 1. The summed E-state index contributed by atoms with van der Waals surface area (Å²) in [7, 11) is 0. The Bertz CT molecular complexity index is 730. The highest BCUT2D eigenvalue weighted by molar-refractivity contribution is 9.10. The van der Waals surface area contributed by atoms with Crippen molar-refractivity contribution in [3.05, 3.63) is 33.2 Å². The van der Waals surface area contributed by atoms with Gasteiger partial charge in [0, 0.05) is 17.3 Å². The lowest BCUT2D eigenvalue weighted by Crippen LogP contribution is -2.51. The van der Waals surface area contributed by atoms with Crippen LogP contribution in [0.4, 0.5) is 0 Å². The number of carbonyl (C=O) groups excluding carboxylic acids is 2. The van der Waals surface area contributed by atoms with Crippen LogP contribution in [0.1, 0.15) is 19.3 Å². The average Bonchev–Trinajstić information content (AvgIpc) is 2.65. The molecular weight excluding hydrogens is 316 g/mol. The third-order valence-corrected chi connectivity index (χ3v) is 3.47. The minimum atomic E-state index is -0.739. The molecule has 0 saturated carbocycles. The number of carbonyl (C=O) groups is 2. The zero-order chi connectivity index (χ0) is 13.6. The van der Waals surface area contributed by atoms with E-state index in [0.29, 0.717) is 17.5 Å². The predicted molar refractivity (Wildman–Crippen MR) is 70.3 cm³/mol. The van der Waals surface area contributed by atoms with Crippen LogP contribution in [0.5, 0.6) is 0 Å². The van der Waals surface area contributed by atoms with Crippen LogP contribution in [-0.4, -0.2) is 16.5 Å². The fourth-order valence-corrected chi connectivity index (χ4v) is 2.47. The van der Waals surface area contributed by atoms with Gasteiger partial charge in [0.05, 0.1) is 0 Å². The SMILES string of the molecule is O=C1CCCC(=O)N1n1c(=O)oc2cc(Br)ccc21. The van der Waals surface area contributed by atoms with E-state index in [1.807, 2.05) is 0 Å². The Balaban J connectivity index is 2.24. The first-order valence-corrected chi connectivity index (χ1v) is 6.54. The lowest BCUT2D eigenvalue weighted by Gasteiger charge is -2.24. The molecule has 0 unspecified atom stereocenters. The van der Waals surface area contributed by atoms with Crippen molar-refractivity contribution in [1.29, 1.82) is 0 Å². The van der Waals surface area contributed by atoms with E-state index in [4.69, 9.17) is 4.42 Å². The van der Waals surface area contributed by atoms with E-state index in [2.05, 4.69) is 15.9 Å². The Hall–Kier alpha value is -1.89. The van der Waals surface area contributed by atoms with E-state index >= 15 is 0 Å². The quantitative estimate of drug-likeness (QED) is 0.746. The number of hydrogen-bond acceptors (Lipinski definition) is 4. The summed E-state index contributed by atoms with van der Waals surface area (Å²) in [4.78, 5) is 35.6. The van der Waals surface area contributed by atoms with Gasteiger partial charge in [-0.25, -0.2) is 4.79 Å². The molecule has 1 aliphatic rings. The van der Waals surface area contributed by atoms with Gasteiger partial charge in [-0.1, -0.05) is 15.9 Å². The predicted octanol–water partition coefficient (Wildman–Crippen LogP) is 1.53. The summed E-state index contributed by atoms with van der Waals surface area (Å²) in [6.07, 6.45) is 1.02. The molecule has 0 spiro atoms. The minimum absolute atomic E-state index is 0.251. The smallest absolute Gasteiger partial charge is 0.406 e. The topological polar surface area (TPSA) is 72.5 Å². The second-order valence-electron chi connectivity index (χ2n) is 4.24. The van der Waals surface area contributed by atoms with E-state index < -0.39 is 5.76 Å². The van der Waals surface area contributed by atoms with Crippen LogP contribution in [0.3, 0.4) is 0 Å². The molecule has 0 radical (unpaired) electrons. The zero-order valence-corrected chi connectivity index (χ0v) is 11.3. The molecule has 0 atom stereocenters. The maximum Gasteiger partial charge on any atom is 0.439 e. The van der Waals surface area contributed by atoms with E-state index in [1.165, 1.54) is 0 Å². The monoisotopic (exact) mass is 324 g/mol. The van der Waals surface area contributed by atoms with Gasteiger partial charge in [0.2, 0.25) is 11.8 Å². The van der Waals surface area contributed by atoms with E-state index in [-0.39, 0.29) is 24.7 Å². The molecule has 2 amide bonds. The third-order valence-electron chi connectivity index (χ3n) is 2.97. The maximum absolute atomic E-state index is 11.9. The van der Waals surface area contributed by atoms with Gasteiger partial charge in [-0.3, -0.25) is 9.59 Å². The van der Waals surface area contributed by atoms with Crippen molar-refractivity contribution in [3.63, 3.8) is 0 Å². The van der Waals surface area contributed by atoms with Gasteiger partial charge in [-0.05, 0) is 24.6 Å². The molecule has 1 aliphatic heterocycles. The Morgan fingerprint density at radius 2 is 1.79 bits per heavy atom. The third kappa shape index (κ3) is 1.90. The van der Waals surface area contributed by atoms with E-state index in [0.717, 1.165) is 14.2 Å². The Kier molecular flexibility index (Phi) is 2.78. The molecule has 0 bridgehead atoms. The highest BCUT2D eigenvalue weighted by atomic mass is 79.9. The number of piperidine rings is 1. The number of nitrogens with zero attached hydrogens (tertiary/aromatic N) is 2. The number of aromatic nitrogens is 1. The number of benzene rings is 1. The Morgan fingerprint density at radius 1 is 1.11 bits per heavy atom. The molecule has 19 heavy (non-hydrogen) atoms. The summed E-state index contributed by atoms with van der Waals surface area (Å²) in [6.45, 7) is 0. The molecule has 1 aromatic heterocycles. The molecule has 7 heteroatoms. The van der Waals surface area contributed by atoms with Crippen molar-refractivity contribution in [2.24, 2.45) is 0 Å². The fourth-order valence-electron chi connectivity index (χ4n) is 2.13. The highest BCUT2D eigenvalue weighted by Crippen LogP contribution is 2.20. The minimum Gasteiger partial charge on any atom is -0.406 e. The number of oxazole rings is 1. The van der Waals surface area contributed by atoms with Crippen molar-refractivity contribution in [1.82, 2.24) is 4.68 Å². The normalized spacial score (nSPS) is 16.4. The van der Waals surface area contributed by atoms with Gasteiger partial charge in [-0.2, -0.15) is 9.69 Å². The molecule has 6 nitrogen and oxygen atoms in total. The highest BCUT2D eigenvalue weighted by Gasteiger charge is 2.30. The fraction of sp³-hybridized carbons (Fsp3) is 0.250. The Labute approximate surface area is 115 Å². The van der Waals surface area contributed by atoms with Crippen LogP contribution < -0.4 is 10.8 Å². The van der Waals surface area contributed by atoms with Gasteiger partial charge in [0.15, 0.2) is 5.58 Å². The summed E-state index contributed by atoms with van der Waals surface area (Å²) in [6, 6.07) is 4.96. The van der Waals surface area contributed by atoms with Crippen LogP contribution in [0.2, 0.25) is 0 Å². The lowest BCUT2D eigenvalue weighted by molar-refractivity contribution is -0.131. The molecule has 98 valence electrons. The second kappa shape index (κ2) is 4.34. The molecule has 1 fully saturated rings. The summed E-state index contributed by atoms with van der Waals surface area (Å²) in [5, 5.41) is 0.881. The van der Waals surface area contributed by atoms with Crippen molar-refractivity contribution in [2.75, 3.05) is 5.01 Å². The first-order valence-electron chi connectivity index (χ1n) is 5.75. The summed E-state index contributed by atoms with van der Waals surface area (Å²) < 4.78 is 6.81. The number of halogens is 1. The van der Waals surface area contributed by atoms with Crippen LogP contribution in [0.15, 0.2) is 31.9 Å². The van der Waals surface area contributed by atoms with Crippen molar-refractivity contribution in [2.45, 2.75) is 19.3 Å². The molecule has 1 saturated heterocycles. The van der Waals surface area contributed by atoms with Crippen molar-refractivity contribution < 1.29 is 14.0 Å². The zero-order valence-electron chi connectivity index (χ0n) is 9.76. The Morgan fingerprint density at radius 3 is 2.47 bits per heavy atom. The standard InChI is InChI=1S/C12H9BrN2O4/c13-7-4-5-8-9(6-7)19-12(18)14(8)15-10(16)2-1-3-11(15)17/h4-6H,1-3H2. The largest absolute Gasteiger partial charge is 0.439 e. The van der Waals surface area contributed by atoms with Gasteiger partial charge >= 0.3 is 5.76 Å². The second-order valence-corrected chi connectivity index (χ2v) is 5.16. The molecule has 0 aliphatic carbocycles. The molecule has 2 aromatic rings. The van der Waals surface area contributed by atoms with Gasteiger partial charge < -0.3 is 4.42 Å². The first kappa shape index (κ1) is 12.2. The molecule has 1 aromatic carbocycles. The van der Waals surface area contributed by atoms with Gasteiger partial charge in [-0.15, -0.1) is 0 Å². The van der Waals surface area contributed by atoms with Gasteiger partial charge in [0.25, 0.3) is 0 Å². The summed E-state index contributed by atoms with van der Waals surface area (Å²) >= 11 is 3.27. The van der Waals surface area contributed by atoms with Crippen LogP contribution in [0, 0.1) is 0 Å². The number of fused-ring (bicyclic) bond motifs is 1. The van der Waals surface area contributed by atoms with E-state index in [1.54, 1.807) is 18.2 Å². The van der Waals surface area contributed by atoms with Gasteiger partial charge in [0.1, 0.15) is 5.52 Å². The lowest BCUT2D eigenvalue weighted by atomic mass is 10.1. The summed E-state index contributed by atoms with van der Waals surface area (Å²) in [5.41, 5.74) is 0.724. The van der Waals surface area contributed by atoms with E-state index in [9.17, 15) is 14.4 Å². The number of rotatable bonds is 1. The molecular formula is C12H9BrN2O4. The van der Waals surface area contributed by atoms with Crippen LogP contribution >= 0.6 is 15.9 Å². The van der Waals surface area contributed by atoms with Crippen molar-refractivity contribution >= 4 is 38.8 Å². The summed E-state index contributed by atoms with van der Waals surface area (Å²) in [5.74, 6) is -1.51. The molecule has 0 N–H and O–H groups in total. The number of amides is 2.